The van der Waals surface area contributed by atoms with E-state index in [-0.39, 0.29) is 17.9 Å². The Morgan fingerprint density at radius 2 is 1.58 bits per heavy atom. The van der Waals surface area contributed by atoms with Gasteiger partial charge in [0.25, 0.3) is 0 Å². The summed E-state index contributed by atoms with van der Waals surface area (Å²) in [5.74, 6) is 0.0304. The van der Waals surface area contributed by atoms with Crippen LogP contribution in [0.4, 0.5) is 0 Å². The van der Waals surface area contributed by atoms with Crippen molar-refractivity contribution in [3.63, 3.8) is 0 Å². The first-order valence-corrected chi connectivity index (χ1v) is 11.8. The van der Waals surface area contributed by atoms with E-state index in [1.165, 1.54) is 18.4 Å². The number of hydrogen-bond donors (Lipinski definition) is 1. The van der Waals surface area contributed by atoms with Gasteiger partial charge in [-0.25, -0.2) is 0 Å². The van der Waals surface area contributed by atoms with Crippen molar-refractivity contribution in [1.29, 1.82) is 0 Å². The molecule has 1 saturated carbocycles. The topological polar surface area (TPSA) is 49.4 Å². The average Bonchev–Trinajstić information content (AvgIpc) is 3.31. The maximum absolute atomic E-state index is 13.3. The van der Waals surface area contributed by atoms with Gasteiger partial charge >= 0.3 is 0 Å². The van der Waals surface area contributed by atoms with E-state index in [1.807, 2.05) is 37.3 Å². The zero-order valence-electron chi connectivity index (χ0n) is 19.0. The fourth-order valence-corrected chi connectivity index (χ4v) is 4.40. The molecule has 0 radical (unpaired) electrons. The summed E-state index contributed by atoms with van der Waals surface area (Å²) in [6, 6.07) is 18.3. The maximum Gasteiger partial charge on any atom is 0.243 e. The van der Waals surface area contributed by atoms with Gasteiger partial charge in [0.05, 0.1) is 0 Å². The first kappa shape index (κ1) is 23.1. The van der Waals surface area contributed by atoms with Crippen LogP contribution in [0.15, 0.2) is 54.6 Å². The highest BCUT2D eigenvalue weighted by Crippen LogP contribution is 2.20. The van der Waals surface area contributed by atoms with Crippen molar-refractivity contribution in [3.8, 4) is 0 Å². The van der Waals surface area contributed by atoms with E-state index in [1.54, 1.807) is 4.90 Å². The first-order valence-electron chi connectivity index (χ1n) is 11.8. The molecule has 2 aromatic carbocycles. The van der Waals surface area contributed by atoms with Crippen LogP contribution >= 0.6 is 0 Å². The molecule has 0 saturated heterocycles. The van der Waals surface area contributed by atoms with Gasteiger partial charge in [0, 0.05) is 19.0 Å². The van der Waals surface area contributed by atoms with E-state index in [2.05, 4.69) is 36.5 Å². The van der Waals surface area contributed by atoms with Gasteiger partial charge in [-0.1, -0.05) is 81.3 Å². The summed E-state index contributed by atoms with van der Waals surface area (Å²) >= 11 is 0. The van der Waals surface area contributed by atoms with Crippen molar-refractivity contribution >= 4 is 11.8 Å². The lowest BCUT2D eigenvalue weighted by Gasteiger charge is -2.31. The van der Waals surface area contributed by atoms with Crippen LogP contribution in [0.25, 0.3) is 0 Å². The molecule has 1 atom stereocenters. The van der Waals surface area contributed by atoms with Crippen LogP contribution in [0.3, 0.4) is 0 Å². The standard InChI is InChI=1S/C27H36N2O2/c1-3-21-14-16-22(17-15-21)18-19-26(30)29(20-23-10-6-5-7-11-23)25(4-2)27(31)28-24-12-8-9-13-24/h5-7,10-11,14-17,24-25H,3-4,8-9,12-13,18-20H2,1-2H3,(H,28,31)/t25-/m0/s1. The molecule has 3 rings (SSSR count). The molecular weight excluding hydrogens is 384 g/mol. The zero-order chi connectivity index (χ0) is 22.1. The van der Waals surface area contributed by atoms with E-state index in [0.29, 0.717) is 25.8 Å². The highest BCUT2D eigenvalue weighted by Gasteiger charge is 2.30. The monoisotopic (exact) mass is 420 g/mol. The molecule has 1 N–H and O–H groups in total. The van der Waals surface area contributed by atoms with Gasteiger partial charge in [0.15, 0.2) is 0 Å². The maximum atomic E-state index is 13.3. The number of carbonyl (C=O) groups excluding carboxylic acids is 2. The second-order valence-electron chi connectivity index (χ2n) is 8.59. The molecule has 2 aromatic rings. The summed E-state index contributed by atoms with van der Waals surface area (Å²) in [6.07, 6.45) is 7.16. The van der Waals surface area contributed by atoms with Gasteiger partial charge in [0.1, 0.15) is 6.04 Å². The molecule has 1 aliphatic rings. The van der Waals surface area contributed by atoms with Crippen LogP contribution in [0, 0.1) is 0 Å². The van der Waals surface area contributed by atoms with Crippen LogP contribution in [0.5, 0.6) is 0 Å². The quantitative estimate of drug-likeness (QED) is 0.585. The van der Waals surface area contributed by atoms with E-state index < -0.39 is 6.04 Å². The van der Waals surface area contributed by atoms with E-state index in [4.69, 9.17) is 0 Å². The van der Waals surface area contributed by atoms with E-state index in [0.717, 1.165) is 30.4 Å². The number of hydrogen-bond acceptors (Lipinski definition) is 2. The van der Waals surface area contributed by atoms with Gasteiger partial charge < -0.3 is 10.2 Å². The molecule has 0 aliphatic heterocycles. The fourth-order valence-electron chi connectivity index (χ4n) is 4.40. The number of nitrogens with zero attached hydrogens (tertiary/aromatic N) is 1. The van der Waals surface area contributed by atoms with Crippen LogP contribution < -0.4 is 5.32 Å². The Kier molecular flexibility index (Phi) is 8.69. The Hall–Kier alpha value is -2.62. The van der Waals surface area contributed by atoms with Crippen LogP contribution in [-0.2, 0) is 29.0 Å². The summed E-state index contributed by atoms with van der Waals surface area (Å²) in [7, 11) is 0. The number of amides is 2. The van der Waals surface area contributed by atoms with Crippen LogP contribution in [0.2, 0.25) is 0 Å². The third-order valence-electron chi connectivity index (χ3n) is 6.34. The summed E-state index contributed by atoms with van der Waals surface area (Å²) in [6.45, 7) is 4.60. The predicted molar refractivity (Wildman–Crippen MR) is 126 cm³/mol. The van der Waals surface area contributed by atoms with E-state index in [9.17, 15) is 9.59 Å². The predicted octanol–water partition coefficient (Wildman–Crippen LogP) is 5.05. The Bertz CT molecular complexity index is 826. The van der Waals surface area contributed by atoms with Crippen molar-refractivity contribution in [2.24, 2.45) is 0 Å². The van der Waals surface area contributed by atoms with Crippen molar-refractivity contribution in [2.45, 2.75) is 83.8 Å². The number of carbonyl (C=O) groups is 2. The molecule has 0 unspecified atom stereocenters. The number of nitrogens with one attached hydrogen (secondary N) is 1. The van der Waals surface area contributed by atoms with Gasteiger partial charge in [-0.2, -0.15) is 0 Å². The molecule has 31 heavy (non-hydrogen) atoms. The second-order valence-corrected chi connectivity index (χ2v) is 8.59. The molecule has 166 valence electrons. The number of rotatable bonds is 10. The van der Waals surface area contributed by atoms with Crippen molar-refractivity contribution in [3.05, 3.63) is 71.3 Å². The summed E-state index contributed by atoms with van der Waals surface area (Å²) in [5, 5.41) is 3.20. The number of aryl methyl sites for hydroxylation is 2. The molecule has 4 heteroatoms. The van der Waals surface area contributed by atoms with Gasteiger partial charge in [-0.05, 0) is 48.8 Å². The Morgan fingerprint density at radius 3 is 2.19 bits per heavy atom. The molecule has 0 bridgehead atoms. The Labute approximate surface area is 187 Å². The lowest BCUT2D eigenvalue weighted by Crippen LogP contribution is -2.51. The minimum absolute atomic E-state index is 0.00835. The second kappa shape index (κ2) is 11.7. The van der Waals surface area contributed by atoms with Gasteiger partial charge in [-0.3, -0.25) is 9.59 Å². The fraction of sp³-hybridized carbons (Fsp3) is 0.481. The normalized spacial score (nSPS) is 14.9. The lowest BCUT2D eigenvalue weighted by molar-refractivity contribution is -0.141. The minimum Gasteiger partial charge on any atom is -0.352 e. The molecule has 4 nitrogen and oxygen atoms in total. The van der Waals surface area contributed by atoms with E-state index >= 15 is 0 Å². The molecular formula is C27H36N2O2. The van der Waals surface area contributed by atoms with Crippen LogP contribution in [-0.4, -0.2) is 28.8 Å². The third-order valence-corrected chi connectivity index (χ3v) is 6.34. The largest absolute Gasteiger partial charge is 0.352 e. The van der Waals surface area contributed by atoms with Gasteiger partial charge in [-0.15, -0.1) is 0 Å². The Balaban J connectivity index is 1.71. The van der Waals surface area contributed by atoms with Gasteiger partial charge in [0.2, 0.25) is 11.8 Å². The minimum atomic E-state index is -0.434. The summed E-state index contributed by atoms with van der Waals surface area (Å²) in [5.41, 5.74) is 3.51. The Morgan fingerprint density at radius 1 is 0.935 bits per heavy atom. The molecule has 2 amide bonds. The molecule has 1 aliphatic carbocycles. The smallest absolute Gasteiger partial charge is 0.243 e. The highest BCUT2D eigenvalue weighted by atomic mass is 16.2. The SMILES string of the molecule is CCc1ccc(CCC(=O)N(Cc2ccccc2)[C@@H](CC)C(=O)NC2CCCC2)cc1. The molecule has 0 heterocycles. The van der Waals surface area contributed by atoms with Crippen LogP contribution in [0.1, 0.15) is 69.1 Å². The molecule has 0 spiro atoms. The summed E-state index contributed by atoms with van der Waals surface area (Å²) < 4.78 is 0. The van der Waals surface area contributed by atoms with Crippen molar-refractivity contribution in [2.75, 3.05) is 0 Å². The lowest BCUT2D eigenvalue weighted by atomic mass is 10.0. The summed E-state index contributed by atoms with van der Waals surface area (Å²) in [4.78, 5) is 28.2. The van der Waals surface area contributed by atoms with Crippen molar-refractivity contribution in [1.82, 2.24) is 10.2 Å². The zero-order valence-corrected chi connectivity index (χ0v) is 19.0. The molecule has 0 aromatic heterocycles. The number of benzene rings is 2. The average molecular weight is 421 g/mol. The highest BCUT2D eigenvalue weighted by molar-refractivity contribution is 5.88. The third kappa shape index (κ3) is 6.68. The molecule has 1 fully saturated rings. The first-order chi connectivity index (χ1) is 15.1. The van der Waals surface area contributed by atoms with Crippen molar-refractivity contribution < 1.29 is 9.59 Å².